The molecule has 2 aliphatic rings. The van der Waals surface area contributed by atoms with Crippen LogP contribution in [0.5, 0.6) is 0 Å². The molecule has 2 aromatic rings. The summed E-state index contributed by atoms with van der Waals surface area (Å²) in [7, 11) is 0. The highest BCUT2D eigenvalue weighted by atomic mass is 35.5. The van der Waals surface area contributed by atoms with Gasteiger partial charge in [0.05, 0.1) is 40.4 Å². The van der Waals surface area contributed by atoms with E-state index in [0.29, 0.717) is 29.5 Å². The van der Waals surface area contributed by atoms with Gasteiger partial charge in [-0.05, 0) is 39.7 Å². The third-order valence-electron chi connectivity index (χ3n) is 6.12. The number of aromatic nitrogens is 3. The highest BCUT2D eigenvalue weighted by Gasteiger charge is 2.68. The van der Waals surface area contributed by atoms with E-state index < -0.39 is 29.2 Å². The number of aliphatic hydroxyl groups excluding tert-OH is 1. The van der Waals surface area contributed by atoms with E-state index in [1.807, 2.05) is 25.7 Å². The zero-order valence-corrected chi connectivity index (χ0v) is 19.9. The van der Waals surface area contributed by atoms with Crippen LogP contribution in [-0.4, -0.2) is 50.4 Å². The number of piperidine rings is 1. The normalized spacial score (nSPS) is 24.8. The van der Waals surface area contributed by atoms with Crippen LogP contribution in [0.25, 0.3) is 0 Å². The number of anilines is 3. The number of halogens is 2. The van der Waals surface area contributed by atoms with Crippen molar-refractivity contribution in [2.75, 3.05) is 23.3 Å². The number of hydrogen-bond donors (Lipinski definition) is 3. The molecule has 4 rings (SSSR count). The van der Waals surface area contributed by atoms with Crippen molar-refractivity contribution in [3.05, 3.63) is 35.0 Å². The minimum absolute atomic E-state index is 0.150. The van der Waals surface area contributed by atoms with Crippen molar-refractivity contribution in [3.63, 3.8) is 0 Å². The molecule has 2 aromatic heterocycles. The smallest absolute Gasteiger partial charge is 0.408 e. The predicted molar refractivity (Wildman–Crippen MR) is 122 cm³/mol. The molecule has 178 valence electrons. The van der Waals surface area contributed by atoms with Crippen molar-refractivity contribution in [2.45, 2.75) is 51.9 Å². The zero-order chi connectivity index (χ0) is 24.1. The minimum Gasteiger partial charge on any atom is -0.444 e. The van der Waals surface area contributed by atoms with Gasteiger partial charge >= 0.3 is 6.09 Å². The van der Waals surface area contributed by atoms with E-state index in [2.05, 4.69) is 32.5 Å². The van der Waals surface area contributed by atoms with Gasteiger partial charge in [-0.15, -0.1) is 0 Å². The summed E-state index contributed by atoms with van der Waals surface area (Å²) in [5, 5.41) is 15.9. The molecule has 0 radical (unpaired) electrons. The number of nitrogens with one attached hydrogen (secondary N) is 2. The lowest BCUT2D eigenvalue weighted by Gasteiger charge is -2.26. The molecule has 0 spiro atoms. The lowest BCUT2D eigenvalue weighted by Crippen LogP contribution is -2.46. The van der Waals surface area contributed by atoms with E-state index in [9.17, 15) is 14.3 Å². The van der Waals surface area contributed by atoms with E-state index in [0.717, 1.165) is 6.20 Å². The van der Waals surface area contributed by atoms with Crippen LogP contribution < -0.4 is 15.5 Å². The molecular formula is C22H28ClFN6O3. The van der Waals surface area contributed by atoms with Crippen LogP contribution >= 0.6 is 11.6 Å². The van der Waals surface area contributed by atoms with Crippen LogP contribution in [0.4, 0.5) is 26.6 Å². The summed E-state index contributed by atoms with van der Waals surface area (Å²) in [6.07, 6.45) is 1.32. The summed E-state index contributed by atoms with van der Waals surface area (Å²) < 4.78 is 20.1. The molecule has 9 nitrogen and oxygen atoms in total. The number of carbonyl (C=O) groups excluding carboxylic acids is 1. The molecule has 0 unspecified atom stereocenters. The Morgan fingerprint density at radius 2 is 2.12 bits per heavy atom. The molecule has 3 N–H and O–H groups in total. The number of pyridine rings is 1. The molecule has 1 saturated heterocycles. The summed E-state index contributed by atoms with van der Waals surface area (Å²) in [6.45, 7) is 10.0. The largest absolute Gasteiger partial charge is 0.444 e. The maximum atomic E-state index is 14.6. The monoisotopic (exact) mass is 478 g/mol. The molecule has 1 saturated carbocycles. The van der Waals surface area contributed by atoms with Crippen LogP contribution in [0.3, 0.4) is 0 Å². The number of nitrogens with zero attached hydrogens (tertiary/aromatic N) is 4. The number of rotatable bonds is 5. The number of hydrogen-bond acceptors (Lipinski definition) is 8. The van der Waals surface area contributed by atoms with Gasteiger partial charge in [0, 0.05) is 19.0 Å². The van der Waals surface area contributed by atoms with Gasteiger partial charge in [0.2, 0.25) is 5.95 Å². The molecule has 1 amide bonds. The Kier molecular flexibility index (Phi) is 5.86. The van der Waals surface area contributed by atoms with E-state index >= 15 is 0 Å². The first kappa shape index (κ1) is 23.4. The van der Waals surface area contributed by atoms with Crippen molar-refractivity contribution in [1.29, 1.82) is 0 Å². The average Bonchev–Trinajstić information content (AvgIpc) is 3.03. The Hall–Kier alpha value is -2.72. The Balaban J connectivity index is 1.49. The Morgan fingerprint density at radius 1 is 1.39 bits per heavy atom. The molecule has 33 heavy (non-hydrogen) atoms. The molecule has 0 bridgehead atoms. The number of fused-ring (bicyclic) bond motifs is 1. The number of ether oxygens (including phenoxy) is 1. The summed E-state index contributed by atoms with van der Waals surface area (Å²) in [4.78, 5) is 26.7. The minimum atomic E-state index is -0.800. The lowest BCUT2D eigenvalue weighted by atomic mass is 10.2. The first-order valence-electron chi connectivity index (χ1n) is 10.8. The number of aliphatic hydroxyl groups is 1. The fraction of sp³-hybridized carbons (Fsp3) is 0.545. The van der Waals surface area contributed by atoms with Gasteiger partial charge in [0.15, 0.2) is 11.6 Å². The van der Waals surface area contributed by atoms with Crippen LogP contribution in [0, 0.1) is 17.7 Å². The van der Waals surface area contributed by atoms with Crippen molar-refractivity contribution in [2.24, 2.45) is 11.8 Å². The van der Waals surface area contributed by atoms with Gasteiger partial charge in [-0.1, -0.05) is 18.5 Å². The van der Waals surface area contributed by atoms with E-state index in [1.165, 1.54) is 6.20 Å². The Labute approximate surface area is 196 Å². The van der Waals surface area contributed by atoms with Gasteiger partial charge in [-0.25, -0.2) is 14.2 Å². The van der Waals surface area contributed by atoms with Gasteiger partial charge in [0.25, 0.3) is 0 Å². The molecule has 3 heterocycles. The Morgan fingerprint density at radius 3 is 2.76 bits per heavy atom. The second-order valence-corrected chi connectivity index (χ2v) is 10.1. The molecule has 11 heteroatoms. The lowest BCUT2D eigenvalue weighted by molar-refractivity contribution is 0.0494. The fourth-order valence-corrected chi connectivity index (χ4v) is 4.74. The van der Waals surface area contributed by atoms with Gasteiger partial charge in [-0.3, -0.25) is 4.98 Å². The van der Waals surface area contributed by atoms with Crippen molar-refractivity contribution in [1.82, 2.24) is 20.3 Å². The van der Waals surface area contributed by atoms with Crippen molar-refractivity contribution >= 4 is 35.1 Å². The summed E-state index contributed by atoms with van der Waals surface area (Å²) in [5.41, 5.74) is -0.210. The van der Waals surface area contributed by atoms with Gasteiger partial charge in [0.1, 0.15) is 5.60 Å². The first-order valence-corrected chi connectivity index (χ1v) is 11.2. The van der Waals surface area contributed by atoms with Crippen LogP contribution in [0.2, 0.25) is 5.02 Å². The van der Waals surface area contributed by atoms with E-state index in [1.54, 1.807) is 13.0 Å². The predicted octanol–water partition coefficient (Wildman–Crippen LogP) is 3.81. The highest BCUT2D eigenvalue weighted by molar-refractivity contribution is 6.31. The quantitative estimate of drug-likeness (QED) is 0.594. The van der Waals surface area contributed by atoms with Crippen LogP contribution in [-0.2, 0) is 4.74 Å². The van der Waals surface area contributed by atoms with E-state index in [4.69, 9.17) is 16.3 Å². The van der Waals surface area contributed by atoms with Crippen molar-refractivity contribution in [3.8, 4) is 0 Å². The molecular weight excluding hydrogens is 451 g/mol. The van der Waals surface area contributed by atoms with Gasteiger partial charge < -0.3 is 25.4 Å². The third-order valence-corrected chi connectivity index (χ3v) is 6.42. The highest BCUT2D eigenvalue weighted by Crippen LogP contribution is 2.56. The first-order chi connectivity index (χ1) is 15.4. The molecule has 0 aromatic carbocycles. The number of carbonyl (C=O) groups is 1. The fourth-order valence-electron chi connectivity index (χ4n) is 4.42. The average molecular weight is 479 g/mol. The maximum Gasteiger partial charge on any atom is 0.408 e. The van der Waals surface area contributed by atoms with Gasteiger partial charge in [-0.2, -0.15) is 4.98 Å². The zero-order valence-electron chi connectivity index (χ0n) is 19.2. The third kappa shape index (κ3) is 4.67. The topological polar surface area (TPSA) is 112 Å². The summed E-state index contributed by atoms with van der Waals surface area (Å²) >= 11 is 6.17. The molecule has 1 aliphatic heterocycles. The standard InChI is InChI=1S/C22H28ClFN6O3/c1-11-14-9-30(10-22(11,14)29-20(32)33-21(3,4)5)18-16(24)8-26-19(28-18)27-13-6-15(23)17(12(2)31)25-7-13/h6-8,11-12,14,31H,9-10H2,1-5H3,(H,29,32)(H,26,27,28)/t11-,12+,14+,22+/m1/s1. The number of alkyl carbamates (subject to hydrolysis) is 1. The Bertz CT molecular complexity index is 1080. The molecule has 4 atom stereocenters. The maximum absolute atomic E-state index is 14.6. The summed E-state index contributed by atoms with van der Waals surface area (Å²) in [6, 6.07) is 1.59. The summed E-state index contributed by atoms with van der Waals surface area (Å²) in [5.74, 6) is 0.201. The second kappa shape index (κ2) is 8.25. The SMILES string of the molecule is C[C@H](O)c1ncc(Nc2ncc(F)c(N3C[C@H]4[C@@H](C)[C@@]4(NC(=O)OC(C)(C)C)C3)n2)cc1Cl. The number of amides is 1. The van der Waals surface area contributed by atoms with Crippen molar-refractivity contribution < 1.29 is 19.0 Å². The molecule has 2 fully saturated rings. The van der Waals surface area contributed by atoms with Crippen LogP contribution in [0.1, 0.15) is 46.4 Å². The van der Waals surface area contributed by atoms with Crippen LogP contribution in [0.15, 0.2) is 18.5 Å². The van der Waals surface area contributed by atoms with E-state index in [-0.39, 0.29) is 23.6 Å². The second-order valence-electron chi connectivity index (χ2n) is 9.70. The molecule has 1 aliphatic carbocycles.